The molecular formula is C30H37O2P. The number of benzene rings is 3. The first kappa shape index (κ1) is 23.7. The van der Waals surface area contributed by atoms with Crippen LogP contribution in [-0.4, -0.2) is 18.2 Å². The zero-order valence-corrected chi connectivity index (χ0v) is 21.1. The van der Waals surface area contributed by atoms with Crippen molar-refractivity contribution >= 4 is 29.1 Å². The van der Waals surface area contributed by atoms with Gasteiger partial charge in [-0.1, -0.05) is 0 Å². The molecule has 3 heteroatoms. The average molecular weight is 461 g/mol. The van der Waals surface area contributed by atoms with E-state index in [1.807, 2.05) is 18.2 Å². The summed E-state index contributed by atoms with van der Waals surface area (Å²) in [5.41, 5.74) is 0. The van der Waals surface area contributed by atoms with Gasteiger partial charge in [0.15, 0.2) is 0 Å². The third kappa shape index (κ3) is 5.22. The van der Waals surface area contributed by atoms with Crippen molar-refractivity contribution in [2.24, 2.45) is 17.8 Å². The number of carbonyl (C=O) groups excluding carboxylic acids is 1. The van der Waals surface area contributed by atoms with Crippen LogP contribution in [0.4, 0.5) is 0 Å². The van der Waals surface area contributed by atoms with Crippen molar-refractivity contribution in [2.75, 3.05) is 6.16 Å². The van der Waals surface area contributed by atoms with Crippen molar-refractivity contribution in [3.63, 3.8) is 0 Å². The maximum absolute atomic E-state index is 13.7. The molecule has 1 saturated carbocycles. The first-order chi connectivity index (χ1) is 16.0. The van der Waals surface area contributed by atoms with Gasteiger partial charge in [-0.3, -0.25) is 0 Å². The van der Waals surface area contributed by atoms with Gasteiger partial charge < -0.3 is 0 Å². The second kappa shape index (κ2) is 10.7. The second-order valence-electron chi connectivity index (χ2n) is 10.0. The first-order valence-electron chi connectivity index (χ1n) is 12.4. The third-order valence-corrected chi connectivity index (χ3v) is 12.2. The molecule has 1 aliphatic rings. The summed E-state index contributed by atoms with van der Waals surface area (Å²) >= 11 is 0. The SMILES string of the molecule is CC(C)[C@@H]1CC[C@@H](C)C[C@H]1OC(=O)C[PH](c1ccccc1)(c1ccccc1)c1ccccc1. The summed E-state index contributed by atoms with van der Waals surface area (Å²) in [5, 5.41) is 3.74. The van der Waals surface area contributed by atoms with Crippen LogP contribution in [0.15, 0.2) is 91.0 Å². The van der Waals surface area contributed by atoms with E-state index in [-0.39, 0.29) is 12.1 Å². The van der Waals surface area contributed by atoms with Gasteiger partial charge in [0.2, 0.25) is 0 Å². The summed E-state index contributed by atoms with van der Waals surface area (Å²) in [6.45, 7) is 6.81. The Morgan fingerprint density at radius 2 is 1.27 bits per heavy atom. The van der Waals surface area contributed by atoms with Crippen LogP contribution in [0.3, 0.4) is 0 Å². The van der Waals surface area contributed by atoms with Crippen LogP contribution >= 0.6 is 7.26 Å². The van der Waals surface area contributed by atoms with Gasteiger partial charge in [-0.25, -0.2) is 0 Å². The Morgan fingerprint density at radius 1 is 0.818 bits per heavy atom. The van der Waals surface area contributed by atoms with Gasteiger partial charge in [0, 0.05) is 0 Å². The van der Waals surface area contributed by atoms with E-state index < -0.39 is 7.26 Å². The molecule has 0 bridgehead atoms. The number of hydrogen-bond acceptors (Lipinski definition) is 2. The maximum atomic E-state index is 13.7. The number of rotatable bonds is 7. The Kier molecular flexibility index (Phi) is 7.66. The Balaban J connectivity index is 1.75. The summed E-state index contributed by atoms with van der Waals surface area (Å²) < 4.78 is 6.35. The molecule has 0 spiro atoms. The molecule has 1 fully saturated rings. The molecule has 0 unspecified atom stereocenters. The normalized spacial score (nSPS) is 21.5. The van der Waals surface area contributed by atoms with E-state index in [2.05, 4.69) is 93.6 Å². The van der Waals surface area contributed by atoms with Gasteiger partial charge >= 0.3 is 200 Å². The van der Waals surface area contributed by atoms with Gasteiger partial charge in [0.05, 0.1) is 0 Å². The first-order valence-corrected chi connectivity index (χ1v) is 14.6. The fourth-order valence-electron chi connectivity index (χ4n) is 5.65. The molecule has 4 rings (SSSR count). The van der Waals surface area contributed by atoms with Gasteiger partial charge in [0.1, 0.15) is 0 Å². The Bertz CT molecular complexity index is 920. The fraction of sp³-hybridized carbons (Fsp3) is 0.367. The number of hydrogen-bond donors (Lipinski definition) is 0. The molecule has 0 aliphatic heterocycles. The second-order valence-corrected chi connectivity index (χ2v) is 13.9. The Labute approximate surface area is 199 Å². The summed E-state index contributed by atoms with van der Waals surface area (Å²) in [5.74, 6) is 1.53. The molecular weight excluding hydrogens is 423 g/mol. The van der Waals surface area contributed by atoms with Crippen LogP contribution in [0.1, 0.15) is 40.0 Å². The zero-order chi connectivity index (χ0) is 23.3. The molecule has 33 heavy (non-hydrogen) atoms. The molecule has 0 aromatic heterocycles. The van der Waals surface area contributed by atoms with Crippen molar-refractivity contribution in [2.45, 2.75) is 46.1 Å². The van der Waals surface area contributed by atoms with Crippen LogP contribution in [0.2, 0.25) is 0 Å². The molecule has 3 aromatic rings. The molecule has 0 heterocycles. The van der Waals surface area contributed by atoms with Gasteiger partial charge in [-0.15, -0.1) is 0 Å². The summed E-state index contributed by atoms with van der Waals surface area (Å²) in [6, 6.07) is 31.8. The topological polar surface area (TPSA) is 26.3 Å². The van der Waals surface area contributed by atoms with E-state index in [0.717, 1.165) is 12.8 Å². The van der Waals surface area contributed by atoms with E-state index in [0.29, 0.717) is 23.9 Å². The zero-order valence-electron chi connectivity index (χ0n) is 20.1. The third-order valence-electron chi connectivity index (χ3n) is 7.45. The molecule has 0 amide bonds. The van der Waals surface area contributed by atoms with Gasteiger partial charge in [-0.05, 0) is 0 Å². The molecule has 1 aliphatic carbocycles. The molecule has 0 N–H and O–H groups in total. The van der Waals surface area contributed by atoms with Crippen molar-refractivity contribution in [1.29, 1.82) is 0 Å². The Morgan fingerprint density at radius 3 is 1.70 bits per heavy atom. The van der Waals surface area contributed by atoms with E-state index in [9.17, 15) is 4.79 Å². The fourth-order valence-corrected chi connectivity index (χ4v) is 10.1. The molecule has 3 atom stereocenters. The van der Waals surface area contributed by atoms with E-state index in [1.165, 1.54) is 22.3 Å². The molecule has 0 saturated heterocycles. The number of ether oxygens (including phenoxy) is 1. The summed E-state index contributed by atoms with van der Waals surface area (Å²) in [6.07, 6.45) is 3.80. The molecule has 174 valence electrons. The summed E-state index contributed by atoms with van der Waals surface area (Å²) in [4.78, 5) is 13.7. The van der Waals surface area contributed by atoms with Crippen molar-refractivity contribution in [1.82, 2.24) is 0 Å². The number of esters is 1. The van der Waals surface area contributed by atoms with Crippen LogP contribution < -0.4 is 15.9 Å². The monoisotopic (exact) mass is 460 g/mol. The molecule has 3 aromatic carbocycles. The van der Waals surface area contributed by atoms with E-state index in [4.69, 9.17) is 4.74 Å². The molecule has 0 radical (unpaired) electrons. The minimum absolute atomic E-state index is 0.0234. The van der Waals surface area contributed by atoms with Gasteiger partial charge in [0.25, 0.3) is 0 Å². The van der Waals surface area contributed by atoms with Crippen molar-refractivity contribution < 1.29 is 9.53 Å². The van der Waals surface area contributed by atoms with Crippen molar-refractivity contribution in [3.05, 3.63) is 91.0 Å². The van der Waals surface area contributed by atoms with E-state index >= 15 is 0 Å². The molecule has 2 nitrogen and oxygen atoms in total. The van der Waals surface area contributed by atoms with Crippen LogP contribution in [0.5, 0.6) is 0 Å². The standard InChI is InChI=1S/C30H37O2P/c1-23(2)28-20-19-24(3)21-29(28)32-30(31)22-33(25-13-7-4-8-14-25,26-15-9-5-10-16-26)27-17-11-6-12-18-27/h4-18,23-24,28-29,33H,19-22H2,1-3H3/t24-,28+,29-/m1/s1. The summed E-state index contributed by atoms with van der Waals surface area (Å²) in [7, 11) is -2.61. The van der Waals surface area contributed by atoms with Crippen LogP contribution in [0, 0.1) is 17.8 Å². The number of carbonyl (C=O) groups is 1. The van der Waals surface area contributed by atoms with E-state index in [1.54, 1.807) is 0 Å². The van der Waals surface area contributed by atoms with Crippen molar-refractivity contribution in [3.8, 4) is 0 Å². The predicted molar refractivity (Wildman–Crippen MR) is 143 cm³/mol. The predicted octanol–water partition coefficient (Wildman–Crippen LogP) is 5.72. The van der Waals surface area contributed by atoms with Gasteiger partial charge in [-0.2, -0.15) is 0 Å². The van der Waals surface area contributed by atoms with Crippen LogP contribution in [-0.2, 0) is 9.53 Å². The Hall–Kier alpha value is -2.44. The quantitative estimate of drug-likeness (QED) is 0.333. The average Bonchev–Trinajstić information content (AvgIpc) is 2.84. The van der Waals surface area contributed by atoms with Crippen LogP contribution in [0.25, 0.3) is 0 Å². The minimum atomic E-state index is -2.61.